The van der Waals surface area contributed by atoms with Crippen molar-refractivity contribution in [1.82, 2.24) is 9.21 Å². The summed E-state index contributed by atoms with van der Waals surface area (Å²) in [6, 6.07) is 21.8. The molecule has 0 radical (unpaired) electrons. The summed E-state index contributed by atoms with van der Waals surface area (Å²) in [5, 5.41) is 10.3. The van der Waals surface area contributed by atoms with Gasteiger partial charge < -0.3 is 21.3 Å². The molecule has 0 aliphatic heterocycles. The van der Waals surface area contributed by atoms with Crippen LogP contribution in [0.5, 0.6) is 0 Å². The van der Waals surface area contributed by atoms with E-state index in [1.807, 2.05) is 67.6 Å². The lowest BCUT2D eigenvalue weighted by atomic mass is 9.84. The van der Waals surface area contributed by atoms with Crippen molar-refractivity contribution in [1.29, 1.82) is 0 Å². The van der Waals surface area contributed by atoms with Crippen molar-refractivity contribution in [3.8, 4) is 0 Å². The Hall–Kier alpha value is -3.84. The van der Waals surface area contributed by atoms with Crippen LogP contribution < -0.4 is 11.5 Å². The Labute approximate surface area is 277 Å². The highest BCUT2D eigenvalue weighted by Gasteiger charge is 2.38. The smallest absolute Gasteiger partial charge is 0.416 e. The predicted molar refractivity (Wildman–Crippen MR) is 181 cm³/mol. The first kappa shape index (κ1) is 37.6. The molecule has 3 aromatic rings. The Kier molecular flexibility index (Phi) is 14.8. The van der Waals surface area contributed by atoms with Gasteiger partial charge in [-0.1, -0.05) is 74.0 Å². The zero-order chi connectivity index (χ0) is 34.4. The highest BCUT2D eigenvalue weighted by molar-refractivity contribution is 7.89. The zero-order valence-electron chi connectivity index (χ0n) is 27.1. The average molecular weight is 671 g/mol. The summed E-state index contributed by atoms with van der Waals surface area (Å²) in [7, 11) is -2.88. The molecule has 0 saturated carbocycles. The lowest BCUT2D eigenvalue weighted by Crippen LogP contribution is -2.53. The second kappa shape index (κ2) is 18.5. The van der Waals surface area contributed by atoms with E-state index in [0.717, 1.165) is 20.3 Å². The molecule has 0 aliphatic rings. The van der Waals surface area contributed by atoms with E-state index < -0.39 is 59.3 Å². The first-order valence-electron chi connectivity index (χ1n) is 15.9. The van der Waals surface area contributed by atoms with Gasteiger partial charge in [-0.3, -0.25) is 9.18 Å². The molecule has 0 bridgehead atoms. The molecule has 5 N–H and O–H groups in total. The van der Waals surface area contributed by atoms with Crippen molar-refractivity contribution in [2.75, 3.05) is 32.7 Å². The van der Waals surface area contributed by atoms with E-state index in [1.165, 1.54) is 31.4 Å². The number of alkyl halides is 1. The number of carbonyl (C=O) groups excluding carboxylic acids is 2. The molecule has 47 heavy (non-hydrogen) atoms. The van der Waals surface area contributed by atoms with Crippen LogP contribution in [0.1, 0.15) is 62.5 Å². The van der Waals surface area contributed by atoms with Crippen LogP contribution >= 0.6 is 0 Å². The van der Waals surface area contributed by atoms with Gasteiger partial charge in [0.1, 0.15) is 0 Å². The molecule has 0 unspecified atom stereocenters. The number of benzene rings is 3. The van der Waals surface area contributed by atoms with Crippen LogP contribution in [0.15, 0.2) is 89.8 Å². The number of halogens is 1. The fourth-order valence-corrected chi connectivity index (χ4v) is 7.57. The van der Waals surface area contributed by atoms with E-state index in [2.05, 4.69) is 0 Å². The fourth-order valence-electron chi connectivity index (χ4n) is 5.89. The first-order chi connectivity index (χ1) is 22.6. The van der Waals surface area contributed by atoms with Crippen LogP contribution in [-0.2, 0) is 19.6 Å². The van der Waals surface area contributed by atoms with Crippen LogP contribution in [0.4, 0.5) is 14.9 Å². The van der Waals surface area contributed by atoms with Gasteiger partial charge >= 0.3 is 6.09 Å². The second-order valence-electron chi connectivity index (χ2n) is 11.4. The molecule has 12 heteroatoms. The number of hydrogen-bond acceptors (Lipinski definition) is 8. The van der Waals surface area contributed by atoms with Crippen LogP contribution in [0.3, 0.4) is 0 Å². The largest absolute Gasteiger partial charge is 0.452 e. The van der Waals surface area contributed by atoms with E-state index in [9.17, 15) is 27.5 Å². The number of nitrogens with two attached hydrogens (primary N) is 2. The lowest BCUT2D eigenvalue weighted by molar-refractivity contribution is -0.133. The topological polar surface area (TPSA) is 156 Å². The van der Waals surface area contributed by atoms with Gasteiger partial charge in [-0.05, 0) is 67.5 Å². The number of methoxy groups -OCH3 is 1. The summed E-state index contributed by atoms with van der Waals surface area (Å²) in [6.45, 7) is 0.569. The quantitative estimate of drug-likeness (QED) is 0.158. The van der Waals surface area contributed by atoms with Gasteiger partial charge in [0.05, 0.1) is 31.3 Å². The Morgan fingerprint density at radius 1 is 0.872 bits per heavy atom. The maximum absolute atomic E-state index is 14.2. The maximum atomic E-state index is 14.2. The molecule has 3 rings (SSSR count). The van der Waals surface area contributed by atoms with Gasteiger partial charge in [0, 0.05) is 30.2 Å². The second-order valence-corrected chi connectivity index (χ2v) is 13.3. The van der Waals surface area contributed by atoms with E-state index in [1.54, 1.807) is 0 Å². The number of sulfonamides is 1. The third kappa shape index (κ3) is 9.83. The highest BCUT2D eigenvalue weighted by atomic mass is 32.2. The van der Waals surface area contributed by atoms with Gasteiger partial charge in [-0.15, -0.1) is 0 Å². The standard InChI is InChI=1S/C35H47FN4O6S/c1-3-12-29(17-10-18-30(25-41)39(24-11-23-36)47(44,45)31-21-19-28(37)20-22-31)40(35(43)46-2)34(42)33(38)32(26-13-6-4-7-14-26)27-15-8-5-9-16-27/h4-9,13-16,19-22,29-30,32-33,41H,3,10-12,17-18,23-25,37-38H2,1-2H3/t29-,30-,33-/m0/s1. The Bertz CT molecular complexity index is 1460. The number of anilines is 1. The third-order valence-electron chi connectivity index (χ3n) is 8.25. The van der Waals surface area contributed by atoms with E-state index >= 15 is 0 Å². The molecule has 256 valence electrons. The van der Waals surface area contributed by atoms with Crippen LogP contribution in [-0.4, -0.2) is 79.8 Å². The third-order valence-corrected chi connectivity index (χ3v) is 10.2. The minimum Gasteiger partial charge on any atom is -0.452 e. The molecular formula is C35H47FN4O6S. The van der Waals surface area contributed by atoms with E-state index in [0.29, 0.717) is 31.4 Å². The number of aliphatic hydroxyl groups excluding tert-OH is 1. The average Bonchev–Trinajstić information content (AvgIpc) is 3.08. The molecule has 0 aromatic heterocycles. The Morgan fingerprint density at radius 3 is 1.91 bits per heavy atom. The monoisotopic (exact) mass is 670 g/mol. The van der Waals surface area contributed by atoms with Crippen LogP contribution in [0.2, 0.25) is 0 Å². The summed E-state index contributed by atoms with van der Waals surface area (Å²) in [4.78, 5) is 28.5. The van der Waals surface area contributed by atoms with Gasteiger partial charge in [-0.2, -0.15) is 4.31 Å². The number of amides is 2. The molecule has 0 aliphatic carbocycles. The minimum absolute atomic E-state index is 0.0179. The normalized spacial score (nSPS) is 13.7. The highest BCUT2D eigenvalue weighted by Crippen LogP contribution is 2.30. The predicted octanol–water partition coefficient (Wildman–Crippen LogP) is 5.07. The SMILES string of the molecule is CCC[C@@H](CCC[C@@H](CO)N(CCCF)S(=O)(=O)c1ccc(N)cc1)N(C(=O)OC)C(=O)[C@@H](N)C(c1ccccc1)c1ccccc1. The number of aliphatic hydroxyl groups is 1. The first-order valence-corrected chi connectivity index (χ1v) is 17.3. The molecule has 10 nitrogen and oxygen atoms in total. The van der Waals surface area contributed by atoms with E-state index in [-0.39, 0.29) is 24.3 Å². The molecular weight excluding hydrogens is 623 g/mol. The Balaban J connectivity index is 1.87. The summed E-state index contributed by atoms with van der Waals surface area (Å²) in [6.07, 6.45) is 1.05. The fraction of sp³-hybridized carbons (Fsp3) is 0.429. The van der Waals surface area contributed by atoms with Crippen molar-refractivity contribution in [3.63, 3.8) is 0 Å². The number of hydrogen-bond donors (Lipinski definition) is 3. The summed E-state index contributed by atoms with van der Waals surface area (Å²) in [5.74, 6) is -1.14. The van der Waals surface area contributed by atoms with Crippen molar-refractivity contribution < 1.29 is 32.2 Å². The van der Waals surface area contributed by atoms with E-state index in [4.69, 9.17) is 16.2 Å². The maximum Gasteiger partial charge on any atom is 0.416 e. The summed E-state index contributed by atoms with van der Waals surface area (Å²) in [5.41, 5.74) is 14.5. The molecule has 3 atom stereocenters. The van der Waals surface area contributed by atoms with Gasteiger partial charge in [0.25, 0.3) is 0 Å². The van der Waals surface area contributed by atoms with Gasteiger partial charge in [-0.25, -0.2) is 18.1 Å². The van der Waals surface area contributed by atoms with Crippen LogP contribution in [0, 0.1) is 0 Å². The molecule has 0 spiro atoms. The molecule has 0 fully saturated rings. The molecule has 2 amide bonds. The minimum atomic E-state index is -4.09. The number of nitrogen functional groups attached to an aromatic ring is 1. The van der Waals surface area contributed by atoms with Gasteiger partial charge in [0.2, 0.25) is 15.9 Å². The Morgan fingerprint density at radius 2 is 1.43 bits per heavy atom. The number of imide groups is 1. The van der Waals surface area contributed by atoms with Crippen LogP contribution in [0.25, 0.3) is 0 Å². The van der Waals surface area contributed by atoms with Crippen molar-refractivity contribution in [2.45, 2.75) is 74.4 Å². The van der Waals surface area contributed by atoms with Crippen molar-refractivity contribution >= 4 is 27.7 Å². The number of ether oxygens (including phenoxy) is 1. The number of nitrogens with zero attached hydrogens (tertiary/aromatic N) is 2. The summed E-state index contributed by atoms with van der Waals surface area (Å²) < 4.78 is 46.6. The molecule has 0 saturated heterocycles. The van der Waals surface area contributed by atoms with Gasteiger partial charge in [0.15, 0.2) is 0 Å². The van der Waals surface area contributed by atoms with Crippen molar-refractivity contribution in [3.05, 3.63) is 96.1 Å². The lowest BCUT2D eigenvalue weighted by Gasteiger charge is -2.34. The number of carbonyl (C=O) groups is 2. The molecule has 0 heterocycles. The number of rotatable bonds is 18. The summed E-state index contributed by atoms with van der Waals surface area (Å²) >= 11 is 0. The molecule has 3 aromatic carbocycles. The zero-order valence-corrected chi connectivity index (χ0v) is 27.9. The van der Waals surface area contributed by atoms with Crippen molar-refractivity contribution in [2.24, 2.45) is 5.73 Å².